The number of nitrogens with zero attached hydrogens (tertiary/aromatic N) is 2. The Bertz CT molecular complexity index is 4050. The Labute approximate surface area is 387 Å². The third-order valence-corrected chi connectivity index (χ3v) is 17.1. The molecular weight excluding hydrogens is 809 g/mol. The van der Waals surface area contributed by atoms with Crippen LogP contribution in [-0.2, 0) is 36.5 Å². The van der Waals surface area contributed by atoms with Crippen LogP contribution in [0.5, 0.6) is 0 Å². The summed E-state index contributed by atoms with van der Waals surface area (Å²) in [6, 6.07) is 72.4. The van der Waals surface area contributed by atoms with Crippen LogP contribution in [-0.4, -0.2) is 9.38 Å². The van der Waals surface area contributed by atoms with Gasteiger partial charge in [-0.25, -0.2) is 0 Å². The highest BCUT2D eigenvalue weighted by atomic mass is 14.9. The molecule has 17 rings (SSSR count). The third kappa shape index (κ3) is 3.92. The molecule has 0 radical (unpaired) electrons. The minimum Gasteiger partial charge on any atom is -0.306 e. The molecule has 12 aromatic rings. The summed E-state index contributed by atoms with van der Waals surface area (Å²) in [6.45, 7) is 0. The van der Waals surface area contributed by atoms with Crippen LogP contribution in [0.1, 0.15) is 66.9 Å². The van der Waals surface area contributed by atoms with Crippen molar-refractivity contribution in [1.29, 1.82) is 0 Å². The SMILES string of the molecule is c1cc2cc(c1)CCc1cc(c3c4cc5c(cc4n4c6cnc7c(c6c1c34)-c1ccccc1C71c3ccccc3-c3ccccc31)-c1ccccc1C51c3ccccc3-c3ccccc31)CC2. The summed E-state index contributed by atoms with van der Waals surface area (Å²) in [5.41, 5.74) is 29.9. The molecule has 3 heterocycles. The molecule has 0 amide bonds. The van der Waals surface area contributed by atoms with Gasteiger partial charge in [-0.2, -0.15) is 0 Å². The molecule has 9 aromatic carbocycles. The van der Waals surface area contributed by atoms with Crippen molar-refractivity contribution in [2.24, 2.45) is 0 Å². The van der Waals surface area contributed by atoms with E-state index >= 15 is 0 Å². The standard InChI is InChI=1S/C65H40N2/c1-7-22-49-41(16-1)42-17-2-8-23-50(42)64(49)51-24-9-5-20-45(51)47-35-56-48(34-55(47)64)58-39-30-28-37-14-13-15-38(32-37)29-31-40(33-39)59-61-57(67(56)62(58)59)36-66-63-60(61)46-21-6-12-27-54(46)65(63)52-25-10-3-18-43(52)44-19-4-11-26-53(44)65/h1-27,32-36H,28-31H2. The molecule has 0 aliphatic heterocycles. The Balaban J connectivity index is 1.05. The van der Waals surface area contributed by atoms with Gasteiger partial charge in [-0.15, -0.1) is 0 Å². The summed E-state index contributed by atoms with van der Waals surface area (Å²) in [5.74, 6) is 0. The molecule has 310 valence electrons. The maximum atomic E-state index is 5.81. The predicted molar refractivity (Wildman–Crippen MR) is 273 cm³/mol. The second-order valence-corrected chi connectivity index (χ2v) is 19.9. The summed E-state index contributed by atoms with van der Waals surface area (Å²) < 4.78 is 2.66. The van der Waals surface area contributed by atoms with E-state index < -0.39 is 10.8 Å². The minimum atomic E-state index is -0.513. The van der Waals surface area contributed by atoms with Gasteiger partial charge in [-0.05, 0) is 138 Å². The van der Waals surface area contributed by atoms with Crippen molar-refractivity contribution in [2.75, 3.05) is 0 Å². The molecule has 4 bridgehead atoms. The Hall–Kier alpha value is -8.07. The Morgan fingerprint density at radius 1 is 0.358 bits per heavy atom. The van der Waals surface area contributed by atoms with Crippen molar-refractivity contribution < 1.29 is 0 Å². The number of rotatable bonds is 0. The predicted octanol–water partition coefficient (Wildman–Crippen LogP) is 14.8. The summed E-state index contributed by atoms with van der Waals surface area (Å²) >= 11 is 0. The van der Waals surface area contributed by atoms with E-state index in [1.807, 2.05) is 0 Å². The van der Waals surface area contributed by atoms with Gasteiger partial charge in [0, 0.05) is 27.1 Å². The first-order chi connectivity index (χ1) is 33.2. The third-order valence-electron chi connectivity index (χ3n) is 17.1. The fourth-order valence-electron chi connectivity index (χ4n) is 14.8. The number of pyridine rings is 1. The van der Waals surface area contributed by atoms with Gasteiger partial charge in [0.1, 0.15) is 0 Å². The molecule has 5 aliphatic rings. The molecule has 0 N–H and O–H groups in total. The molecule has 67 heavy (non-hydrogen) atoms. The Morgan fingerprint density at radius 2 is 0.836 bits per heavy atom. The molecule has 0 saturated carbocycles. The lowest BCUT2D eigenvalue weighted by Crippen LogP contribution is -2.26. The second kappa shape index (κ2) is 12.0. The summed E-state index contributed by atoms with van der Waals surface area (Å²) in [4.78, 5) is 5.81. The van der Waals surface area contributed by atoms with E-state index in [0.717, 1.165) is 31.4 Å². The van der Waals surface area contributed by atoms with E-state index in [1.165, 1.54) is 144 Å². The molecule has 0 fully saturated rings. The van der Waals surface area contributed by atoms with Crippen molar-refractivity contribution in [3.63, 3.8) is 0 Å². The van der Waals surface area contributed by atoms with Crippen LogP contribution in [0.3, 0.4) is 0 Å². The monoisotopic (exact) mass is 848 g/mol. The topological polar surface area (TPSA) is 17.3 Å². The largest absolute Gasteiger partial charge is 0.306 e. The molecule has 0 saturated heterocycles. The van der Waals surface area contributed by atoms with Crippen molar-refractivity contribution in [1.82, 2.24) is 9.38 Å². The number of aromatic nitrogens is 2. The van der Waals surface area contributed by atoms with Gasteiger partial charge < -0.3 is 4.40 Å². The van der Waals surface area contributed by atoms with Crippen LogP contribution in [0.25, 0.3) is 82.6 Å². The van der Waals surface area contributed by atoms with Crippen LogP contribution in [0.15, 0.2) is 194 Å². The van der Waals surface area contributed by atoms with Crippen LogP contribution in [0, 0.1) is 0 Å². The number of fused-ring (bicyclic) bond motifs is 33. The molecule has 0 atom stereocenters. The molecule has 2 spiro atoms. The van der Waals surface area contributed by atoms with Crippen LogP contribution in [0.2, 0.25) is 0 Å². The highest BCUT2D eigenvalue weighted by Gasteiger charge is 2.54. The van der Waals surface area contributed by atoms with Gasteiger partial charge in [-0.1, -0.05) is 176 Å². The second-order valence-electron chi connectivity index (χ2n) is 19.9. The zero-order valence-corrected chi connectivity index (χ0v) is 36.7. The average molecular weight is 849 g/mol. The highest BCUT2D eigenvalue weighted by Crippen LogP contribution is 2.66. The maximum Gasteiger partial charge on any atom is 0.0898 e. The van der Waals surface area contributed by atoms with Crippen molar-refractivity contribution in [2.45, 2.75) is 36.5 Å². The van der Waals surface area contributed by atoms with Crippen LogP contribution in [0.4, 0.5) is 0 Å². The maximum absolute atomic E-state index is 5.81. The first kappa shape index (κ1) is 35.2. The molecular formula is C65H40N2. The number of benzene rings is 9. The van der Waals surface area contributed by atoms with Gasteiger partial charge in [-0.3, -0.25) is 4.98 Å². The zero-order chi connectivity index (χ0) is 43.3. The fourth-order valence-corrected chi connectivity index (χ4v) is 14.8. The van der Waals surface area contributed by atoms with Crippen LogP contribution >= 0.6 is 0 Å². The lowest BCUT2D eigenvalue weighted by Gasteiger charge is -2.30. The van der Waals surface area contributed by atoms with Gasteiger partial charge in [0.2, 0.25) is 0 Å². The van der Waals surface area contributed by atoms with Gasteiger partial charge in [0.15, 0.2) is 0 Å². The van der Waals surface area contributed by atoms with Gasteiger partial charge >= 0.3 is 0 Å². The molecule has 3 aromatic heterocycles. The van der Waals surface area contributed by atoms with E-state index in [0.29, 0.717) is 0 Å². The lowest BCUT2D eigenvalue weighted by molar-refractivity contribution is 0.761. The molecule has 2 nitrogen and oxygen atoms in total. The highest BCUT2D eigenvalue weighted by molar-refractivity contribution is 6.29. The Kier molecular flexibility index (Phi) is 6.32. The number of hydrogen-bond donors (Lipinski definition) is 0. The minimum absolute atomic E-state index is 0.414. The van der Waals surface area contributed by atoms with E-state index in [-0.39, 0.29) is 0 Å². The van der Waals surface area contributed by atoms with E-state index in [4.69, 9.17) is 4.98 Å². The molecule has 0 unspecified atom stereocenters. The fraction of sp³-hybridized carbons (Fsp3) is 0.0923. The smallest absolute Gasteiger partial charge is 0.0898 e. The number of hydrogen-bond acceptors (Lipinski definition) is 1. The first-order valence-electron chi connectivity index (χ1n) is 24.1. The van der Waals surface area contributed by atoms with E-state index in [2.05, 4.69) is 199 Å². The van der Waals surface area contributed by atoms with Crippen molar-refractivity contribution in [3.05, 3.63) is 261 Å². The number of aryl methyl sites for hydroxylation is 4. The lowest BCUT2D eigenvalue weighted by atomic mass is 9.70. The molecule has 2 heteroatoms. The Morgan fingerprint density at radius 3 is 1.40 bits per heavy atom. The molecule has 5 aliphatic carbocycles. The summed E-state index contributed by atoms with van der Waals surface area (Å²) in [6.07, 6.45) is 6.23. The first-order valence-corrected chi connectivity index (χ1v) is 24.1. The quantitative estimate of drug-likeness (QED) is 0.149. The van der Waals surface area contributed by atoms with E-state index in [9.17, 15) is 0 Å². The van der Waals surface area contributed by atoms with Gasteiger partial charge in [0.25, 0.3) is 0 Å². The summed E-state index contributed by atoms with van der Waals surface area (Å²) in [7, 11) is 0. The van der Waals surface area contributed by atoms with Gasteiger partial charge in [0.05, 0.1) is 39.3 Å². The normalized spacial score (nSPS) is 15.8. The van der Waals surface area contributed by atoms with E-state index in [1.54, 1.807) is 0 Å². The average Bonchev–Trinajstić information content (AvgIpc) is 4.20. The summed E-state index contributed by atoms with van der Waals surface area (Å²) in [5, 5.41) is 5.50. The van der Waals surface area contributed by atoms with Crippen molar-refractivity contribution in [3.8, 4) is 44.5 Å². The van der Waals surface area contributed by atoms with Crippen LogP contribution < -0.4 is 0 Å². The van der Waals surface area contributed by atoms with Crippen molar-refractivity contribution >= 4 is 38.1 Å². The zero-order valence-electron chi connectivity index (χ0n) is 36.7.